The molecule has 0 atom stereocenters. The molecule has 14 heavy (non-hydrogen) atoms. The van der Waals surface area contributed by atoms with Crippen LogP contribution in [-0.4, -0.2) is 18.1 Å². The number of thiazole rings is 1. The summed E-state index contributed by atoms with van der Waals surface area (Å²) in [5.41, 5.74) is 2.57. The van der Waals surface area contributed by atoms with Crippen molar-refractivity contribution >= 4 is 11.3 Å². The van der Waals surface area contributed by atoms with Gasteiger partial charge in [-0.05, 0) is 20.8 Å². The van der Waals surface area contributed by atoms with Crippen LogP contribution in [0, 0.1) is 6.92 Å². The van der Waals surface area contributed by atoms with Crippen molar-refractivity contribution in [3.05, 3.63) is 27.7 Å². The first-order valence-corrected chi connectivity index (χ1v) is 5.81. The van der Waals surface area contributed by atoms with Crippen molar-refractivity contribution in [1.29, 1.82) is 0 Å². The molecule has 1 aromatic heterocycles. The van der Waals surface area contributed by atoms with Crippen LogP contribution in [0.5, 0.6) is 0 Å². The second-order valence-corrected chi connectivity index (χ2v) is 4.66. The number of nitrogens with zero attached hydrogens (tertiary/aromatic N) is 1. The Morgan fingerprint density at radius 3 is 2.93 bits per heavy atom. The molecule has 78 valence electrons. The summed E-state index contributed by atoms with van der Waals surface area (Å²) in [6, 6.07) is 0. The molecule has 0 aromatic carbocycles. The molecule has 0 unspecified atom stereocenters. The molecule has 3 heteroatoms. The average Bonchev–Trinajstić information content (AvgIpc) is 2.50. The molecule has 1 N–H and O–H groups in total. The van der Waals surface area contributed by atoms with E-state index in [0.29, 0.717) is 0 Å². The Bertz CT molecular complexity index is 298. The van der Waals surface area contributed by atoms with Crippen LogP contribution < -0.4 is 5.32 Å². The van der Waals surface area contributed by atoms with Crippen LogP contribution in [0.15, 0.2) is 17.0 Å². The third-order valence-electron chi connectivity index (χ3n) is 1.88. The first-order chi connectivity index (χ1) is 6.68. The highest BCUT2D eigenvalue weighted by atomic mass is 32.1. The van der Waals surface area contributed by atoms with E-state index < -0.39 is 0 Å². The summed E-state index contributed by atoms with van der Waals surface area (Å²) in [5, 5.41) is 6.66. The van der Waals surface area contributed by atoms with Crippen LogP contribution >= 0.6 is 11.3 Å². The Morgan fingerprint density at radius 2 is 2.36 bits per heavy atom. The van der Waals surface area contributed by atoms with E-state index >= 15 is 0 Å². The maximum absolute atomic E-state index is 4.41. The summed E-state index contributed by atoms with van der Waals surface area (Å²) in [6.07, 6.45) is 3.23. The molecule has 1 heterocycles. The molecule has 0 radical (unpaired) electrons. The lowest BCUT2D eigenvalue weighted by Gasteiger charge is -1.99. The van der Waals surface area contributed by atoms with Crippen molar-refractivity contribution in [3.63, 3.8) is 0 Å². The normalized spacial score (nSPS) is 10.2. The number of aromatic nitrogens is 1. The third kappa shape index (κ3) is 4.53. The average molecular weight is 210 g/mol. The maximum atomic E-state index is 4.41. The predicted molar refractivity (Wildman–Crippen MR) is 62.9 cm³/mol. The SMILES string of the molecule is CC(C)=CCNCCc1csc(C)n1. The molecule has 0 aliphatic heterocycles. The molecule has 0 amide bonds. The Labute approximate surface area is 90.1 Å². The Kier molecular flexibility index (Phi) is 4.84. The molecule has 1 aromatic rings. The lowest BCUT2D eigenvalue weighted by atomic mass is 10.3. The van der Waals surface area contributed by atoms with E-state index in [1.165, 1.54) is 11.3 Å². The summed E-state index contributed by atoms with van der Waals surface area (Å²) in [5.74, 6) is 0. The van der Waals surface area contributed by atoms with Gasteiger partial charge in [0.2, 0.25) is 0 Å². The molecule has 0 spiro atoms. The van der Waals surface area contributed by atoms with Gasteiger partial charge in [0.05, 0.1) is 10.7 Å². The Hall–Kier alpha value is -0.670. The monoisotopic (exact) mass is 210 g/mol. The zero-order valence-corrected chi connectivity index (χ0v) is 9.95. The summed E-state index contributed by atoms with van der Waals surface area (Å²) in [6.45, 7) is 8.25. The van der Waals surface area contributed by atoms with E-state index in [9.17, 15) is 0 Å². The smallest absolute Gasteiger partial charge is 0.0897 e. The van der Waals surface area contributed by atoms with Gasteiger partial charge in [0.25, 0.3) is 0 Å². The van der Waals surface area contributed by atoms with Crippen molar-refractivity contribution in [2.45, 2.75) is 27.2 Å². The van der Waals surface area contributed by atoms with Gasteiger partial charge in [0.1, 0.15) is 0 Å². The number of nitrogens with one attached hydrogen (secondary N) is 1. The highest BCUT2D eigenvalue weighted by Crippen LogP contribution is 2.07. The first-order valence-electron chi connectivity index (χ1n) is 4.93. The third-order valence-corrected chi connectivity index (χ3v) is 2.70. The number of allylic oxidation sites excluding steroid dienone is 1. The minimum Gasteiger partial charge on any atom is -0.313 e. The molecular weight excluding hydrogens is 192 g/mol. The van der Waals surface area contributed by atoms with Crippen LogP contribution in [0.25, 0.3) is 0 Å². The molecule has 0 fully saturated rings. The van der Waals surface area contributed by atoms with Gasteiger partial charge in [-0.1, -0.05) is 11.6 Å². The minimum absolute atomic E-state index is 0.964. The van der Waals surface area contributed by atoms with Gasteiger partial charge >= 0.3 is 0 Å². The van der Waals surface area contributed by atoms with E-state index in [1.807, 2.05) is 6.92 Å². The molecule has 0 saturated heterocycles. The first kappa shape index (κ1) is 11.4. The zero-order valence-electron chi connectivity index (χ0n) is 9.13. The fourth-order valence-electron chi connectivity index (χ4n) is 1.12. The van der Waals surface area contributed by atoms with Crippen LogP contribution in [0.2, 0.25) is 0 Å². The molecule has 0 aliphatic carbocycles. The molecule has 0 bridgehead atoms. The lowest BCUT2D eigenvalue weighted by Crippen LogP contribution is -2.17. The second-order valence-electron chi connectivity index (χ2n) is 3.59. The molecular formula is C11H18N2S. The minimum atomic E-state index is 0.964. The summed E-state index contributed by atoms with van der Waals surface area (Å²) < 4.78 is 0. The number of hydrogen-bond donors (Lipinski definition) is 1. The lowest BCUT2D eigenvalue weighted by molar-refractivity contribution is 0.733. The van der Waals surface area contributed by atoms with Crippen molar-refractivity contribution in [2.75, 3.05) is 13.1 Å². The van der Waals surface area contributed by atoms with Gasteiger partial charge in [0.15, 0.2) is 0 Å². The number of aryl methyl sites for hydroxylation is 1. The van der Waals surface area contributed by atoms with E-state index in [1.54, 1.807) is 11.3 Å². The Balaban J connectivity index is 2.13. The van der Waals surface area contributed by atoms with Crippen molar-refractivity contribution in [2.24, 2.45) is 0 Å². The molecule has 1 rings (SSSR count). The van der Waals surface area contributed by atoms with Crippen molar-refractivity contribution in [1.82, 2.24) is 10.3 Å². The quantitative estimate of drug-likeness (QED) is 0.597. The summed E-state index contributed by atoms with van der Waals surface area (Å²) in [7, 11) is 0. The van der Waals surface area contributed by atoms with Crippen LogP contribution in [0.3, 0.4) is 0 Å². The molecule has 0 aliphatic rings. The van der Waals surface area contributed by atoms with Gasteiger partial charge in [-0.3, -0.25) is 0 Å². The van der Waals surface area contributed by atoms with Crippen LogP contribution in [0.4, 0.5) is 0 Å². The highest BCUT2D eigenvalue weighted by Gasteiger charge is 1.96. The van der Waals surface area contributed by atoms with Crippen molar-refractivity contribution in [3.8, 4) is 0 Å². The van der Waals surface area contributed by atoms with Gasteiger partial charge in [-0.25, -0.2) is 4.98 Å². The standard InChI is InChI=1S/C11H18N2S/c1-9(2)4-6-12-7-5-11-8-14-10(3)13-11/h4,8,12H,5-7H2,1-3H3. The van der Waals surface area contributed by atoms with Gasteiger partial charge in [-0.15, -0.1) is 11.3 Å². The summed E-state index contributed by atoms with van der Waals surface area (Å²) in [4.78, 5) is 4.41. The van der Waals surface area contributed by atoms with Gasteiger partial charge < -0.3 is 5.32 Å². The van der Waals surface area contributed by atoms with E-state index in [2.05, 4.69) is 35.6 Å². The Morgan fingerprint density at radius 1 is 1.57 bits per heavy atom. The number of rotatable bonds is 5. The largest absolute Gasteiger partial charge is 0.313 e. The second kappa shape index (κ2) is 5.94. The predicted octanol–water partition coefficient (Wildman–Crippen LogP) is 2.55. The van der Waals surface area contributed by atoms with Gasteiger partial charge in [-0.2, -0.15) is 0 Å². The molecule has 0 saturated carbocycles. The summed E-state index contributed by atoms with van der Waals surface area (Å²) >= 11 is 1.72. The van der Waals surface area contributed by atoms with E-state index in [-0.39, 0.29) is 0 Å². The topological polar surface area (TPSA) is 24.9 Å². The van der Waals surface area contributed by atoms with Gasteiger partial charge in [0, 0.05) is 24.9 Å². The van der Waals surface area contributed by atoms with E-state index in [0.717, 1.165) is 24.5 Å². The molecule has 2 nitrogen and oxygen atoms in total. The van der Waals surface area contributed by atoms with Crippen LogP contribution in [-0.2, 0) is 6.42 Å². The fourth-order valence-corrected chi connectivity index (χ4v) is 1.76. The number of hydrogen-bond acceptors (Lipinski definition) is 3. The van der Waals surface area contributed by atoms with Crippen molar-refractivity contribution < 1.29 is 0 Å². The maximum Gasteiger partial charge on any atom is 0.0897 e. The van der Waals surface area contributed by atoms with Crippen LogP contribution in [0.1, 0.15) is 24.5 Å². The van der Waals surface area contributed by atoms with E-state index in [4.69, 9.17) is 0 Å². The fraction of sp³-hybridized carbons (Fsp3) is 0.545. The highest BCUT2D eigenvalue weighted by molar-refractivity contribution is 7.09. The zero-order chi connectivity index (χ0) is 10.4.